The average Bonchev–Trinajstić information content (AvgIpc) is 3.08. The highest BCUT2D eigenvalue weighted by Gasteiger charge is 2.29. The molecular weight excluding hydrogens is 370 g/mol. The molecule has 1 aromatic carbocycles. The van der Waals surface area contributed by atoms with Crippen molar-refractivity contribution in [1.29, 1.82) is 0 Å². The van der Waals surface area contributed by atoms with E-state index in [9.17, 15) is 9.90 Å². The molecule has 0 saturated carbocycles. The topological polar surface area (TPSA) is 85.6 Å². The normalized spacial score (nSPS) is 13.9. The Morgan fingerprint density at radius 2 is 1.93 bits per heavy atom. The minimum atomic E-state index is -0.986. The Labute approximate surface area is 173 Å². The second-order valence-electron chi connectivity index (χ2n) is 8.55. The standard InChI is InChI=1S/C22H33N3O4/c1-16(2)13-18(24-21(27)29-22(3,4)5)19(26)20-23-11-12-25(20)15-28-14-17-9-7-6-8-10-17/h6-12,16,18-19,26H,13-15H2,1-5H3,(H,24,27)/t18?,19-/m0/s1. The van der Waals surface area contributed by atoms with Gasteiger partial charge in [-0.3, -0.25) is 0 Å². The Morgan fingerprint density at radius 3 is 2.55 bits per heavy atom. The van der Waals surface area contributed by atoms with Gasteiger partial charge in [0.15, 0.2) is 0 Å². The van der Waals surface area contributed by atoms with Gasteiger partial charge in [0, 0.05) is 12.4 Å². The molecule has 0 saturated heterocycles. The van der Waals surface area contributed by atoms with Crippen LogP contribution in [0.5, 0.6) is 0 Å². The predicted octanol–water partition coefficient (Wildman–Crippen LogP) is 4.03. The Kier molecular flexibility index (Phi) is 8.22. The molecular formula is C22H33N3O4. The Bertz CT molecular complexity index is 753. The number of hydrogen-bond donors (Lipinski definition) is 2. The number of alkyl carbamates (subject to hydrolysis) is 1. The lowest BCUT2D eigenvalue weighted by Crippen LogP contribution is -2.43. The molecule has 2 aromatic rings. The van der Waals surface area contributed by atoms with Gasteiger partial charge in [0.05, 0.1) is 12.6 Å². The molecule has 160 valence electrons. The van der Waals surface area contributed by atoms with Crippen LogP contribution < -0.4 is 5.32 Å². The van der Waals surface area contributed by atoms with Crippen LogP contribution in [0.2, 0.25) is 0 Å². The van der Waals surface area contributed by atoms with Crippen molar-refractivity contribution in [3.05, 3.63) is 54.1 Å². The summed E-state index contributed by atoms with van der Waals surface area (Å²) in [6, 6.07) is 9.34. The van der Waals surface area contributed by atoms with Gasteiger partial charge < -0.3 is 24.5 Å². The van der Waals surface area contributed by atoms with Crippen LogP contribution in [0.3, 0.4) is 0 Å². The number of nitrogens with zero attached hydrogens (tertiary/aromatic N) is 2. The maximum atomic E-state index is 12.2. The molecule has 0 fully saturated rings. The summed E-state index contributed by atoms with van der Waals surface area (Å²) in [7, 11) is 0. The number of aliphatic hydroxyl groups excluding tert-OH is 1. The number of ether oxygens (including phenoxy) is 2. The number of nitrogens with one attached hydrogen (secondary N) is 1. The third-order valence-corrected chi connectivity index (χ3v) is 4.16. The Balaban J connectivity index is 2.03. The summed E-state index contributed by atoms with van der Waals surface area (Å²) in [6.45, 7) is 10.2. The molecule has 0 aliphatic carbocycles. The zero-order valence-corrected chi connectivity index (χ0v) is 18.0. The van der Waals surface area contributed by atoms with E-state index in [0.29, 0.717) is 18.9 Å². The smallest absolute Gasteiger partial charge is 0.407 e. The van der Waals surface area contributed by atoms with Gasteiger partial charge >= 0.3 is 6.09 Å². The molecule has 2 rings (SSSR count). The van der Waals surface area contributed by atoms with Gasteiger partial charge in [-0.05, 0) is 38.7 Å². The van der Waals surface area contributed by atoms with Crippen LogP contribution in [0.25, 0.3) is 0 Å². The zero-order valence-electron chi connectivity index (χ0n) is 18.0. The fourth-order valence-corrected chi connectivity index (χ4v) is 2.95. The van der Waals surface area contributed by atoms with E-state index in [1.165, 1.54) is 0 Å². The monoisotopic (exact) mass is 403 g/mol. The summed E-state index contributed by atoms with van der Waals surface area (Å²) >= 11 is 0. The van der Waals surface area contributed by atoms with Crippen LogP contribution in [-0.4, -0.2) is 32.4 Å². The van der Waals surface area contributed by atoms with Crippen molar-refractivity contribution < 1.29 is 19.4 Å². The fourth-order valence-electron chi connectivity index (χ4n) is 2.95. The van der Waals surface area contributed by atoms with E-state index in [2.05, 4.69) is 10.3 Å². The third-order valence-electron chi connectivity index (χ3n) is 4.16. The van der Waals surface area contributed by atoms with Crippen molar-refractivity contribution in [3.63, 3.8) is 0 Å². The Hall–Kier alpha value is -2.38. The number of benzene rings is 1. The van der Waals surface area contributed by atoms with Crippen LogP contribution in [0.1, 0.15) is 58.5 Å². The predicted molar refractivity (Wildman–Crippen MR) is 111 cm³/mol. The van der Waals surface area contributed by atoms with Crippen LogP contribution in [0.15, 0.2) is 42.7 Å². The van der Waals surface area contributed by atoms with Crippen molar-refractivity contribution in [1.82, 2.24) is 14.9 Å². The van der Waals surface area contributed by atoms with Crippen molar-refractivity contribution in [3.8, 4) is 0 Å². The average molecular weight is 404 g/mol. The number of rotatable bonds is 9. The van der Waals surface area contributed by atoms with E-state index in [0.717, 1.165) is 5.56 Å². The molecule has 1 unspecified atom stereocenters. The second-order valence-corrected chi connectivity index (χ2v) is 8.55. The van der Waals surface area contributed by atoms with Crippen LogP contribution in [0.4, 0.5) is 4.79 Å². The molecule has 0 radical (unpaired) electrons. The highest BCUT2D eigenvalue weighted by molar-refractivity contribution is 5.68. The van der Waals surface area contributed by atoms with E-state index in [1.807, 2.05) is 44.2 Å². The molecule has 7 nitrogen and oxygen atoms in total. The lowest BCUT2D eigenvalue weighted by Gasteiger charge is -2.27. The first kappa shape index (κ1) is 22.9. The van der Waals surface area contributed by atoms with Gasteiger partial charge in [0.2, 0.25) is 0 Å². The highest BCUT2D eigenvalue weighted by Crippen LogP contribution is 2.22. The molecule has 0 bridgehead atoms. The number of aliphatic hydroxyl groups is 1. The molecule has 1 heterocycles. The molecule has 2 atom stereocenters. The van der Waals surface area contributed by atoms with Crippen LogP contribution in [-0.2, 0) is 22.8 Å². The lowest BCUT2D eigenvalue weighted by molar-refractivity contribution is 0.0331. The third kappa shape index (κ3) is 7.87. The van der Waals surface area contributed by atoms with Gasteiger partial charge in [-0.15, -0.1) is 0 Å². The Morgan fingerprint density at radius 1 is 1.24 bits per heavy atom. The molecule has 2 N–H and O–H groups in total. The minimum absolute atomic E-state index is 0.252. The maximum absolute atomic E-state index is 12.2. The van der Waals surface area contributed by atoms with Crippen molar-refractivity contribution in [2.24, 2.45) is 5.92 Å². The second kappa shape index (κ2) is 10.4. The quantitative estimate of drug-likeness (QED) is 0.660. The summed E-state index contributed by atoms with van der Waals surface area (Å²) in [6.07, 6.45) is 2.41. The molecule has 7 heteroatoms. The summed E-state index contributed by atoms with van der Waals surface area (Å²) in [5.41, 5.74) is 0.459. The number of amides is 1. The lowest BCUT2D eigenvalue weighted by atomic mass is 9.99. The van der Waals surface area contributed by atoms with Crippen LogP contribution >= 0.6 is 0 Å². The maximum Gasteiger partial charge on any atom is 0.407 e. The minimum Gasteiger partial charge on any atom is -0.444 e. The largest absolute Gasteiger partial charge is 0.444 e. The van der Waals surface area contributed by atoms with Gasteiger partial charge in [0.1, 0.15) is 24.3 Å². The SMILES string of the molecule is CC(C)CC(NC(=O)OC(C)(C)C)[C@H](O)c1nccn1COCc1ccccc1. The first-order valence-electron chi connectivity index (χ1n) is 9.96. The van der Waals surface area contributed by atoms with E-state index in [1.54, 1.807) is 37.7 Å². The molecule has 1 aromatic heterocycles. The molecule has 0 spiro atoms. The highest BCUT2D eigenvalue weighted by atomic mass is 16.6. The van der Waals surface area contributed by atoms with Gasteiger partial charge in [-0.1, -0.05) is 44.2 Å². The number of carbonyl (C=O) groups excluding carboxylic acids is 1. The summed E-state index contributed by atoms with van der Waals surface area (Å²) in [5, 5.41) is 13.8. The summed E-state index contributed by atoms with van der Waals surface area (Å²) < 4.78 is 12.9. The number of hydrogen-bond acceptors (Lipinski definition) is 5. The molecule has 1 amide bonds. The number of carbonyl (C=O) groups is 1. The first-order valence-corrected chi connectivity index (χ1v) is 9.96. The molecule has 0 aliphatic rings. The van der Waals surface area contributed by atoms with E-state index < -0.39 is 23.8 Å². The van der Waals surface area contributed by atoms with Gasteiger partial charge in [0.25, 0.3) is 0 Å². The van der Waals surface area contributed by atoms with Crippen molar-refractivity contribution >= 4 is 6.09 Å². The van der Waals surface area contributed by atoms with Crippen molar-refractivity contribution in [2.45, 2.75) is 72.1 Å². The first-order chi connectivity index (χ1) is 13.7. The van der Waals surface area contributed by atoms with E-state index >= 15 is 0 Å². The van der Waals surface area contributed by atoms with E-state index in [-0.39, 0.29) is 12.6 Å². The molecule has 0 aliphatic heterocycles. The number of imidazole rings is 1. The summed E-state index contributed by atoms with van der Waals surface area (Å²) in [4.78, 5) is 16.5. The van der Waals surface area contributed by atoms with Crippen LogP contribution in [0, 0.1) is 5.92 Å². The van der Waals surface area contributed by atoms with Gasteiger partial charge in [-0.25, -0.2) is 9.78 Å². The van der Waals surface area contributed by atoms with E-state index in [4.69, 9.17) is 9.47 Å². The van der Waals surface area contributed by atoms with Crippen molar-refractivity contribution in [2.75, 3.05) is 0 Å². The number of aromatic nitrogens is 2. The van der Waals surface area contributed by atoms with Gasteiger partial charge in [-0.2, -0.15) is 0 Å². The zero-order chi connectivity index (χ0) is 21.4. The summed E-state index contributed by atoms with van der Waals surface area (Å²) in [5.74, 6) is 0.710. The fraction of sp³-hybridized carbons (Fsp3) is 0.545. The molecule has 29 heavy (non-hydrogen) atoms.